The zero-order chi connectivity index (χ0) is 17.4. The number of carbonyl (C=O) groups is 2. The van der Waals surface area contributed by atoms with Crippen LogP contribution in [0.4, 0.5) is 0 Å². The molecule has 0 radical (unpaired) electrons. The van der Waals surface area contributed by atoms with Crippen molar-refractivity contribution in [1.29, 1.82) is 0 Å². The van der Waals surface area contributed by atoms with Gasteiger partial charge in [-0.1, -0.05) is 13.8 Å². The molecule has 0 bridgehead atoms. The number of carbonyl (C=O) groups excluding carboxylic acids is 1. The van der Waals surface area contributed by atoms with Gasteiger partial charge >= 0.3 is 5.97 Å². The number of amides is 1. The van der Waals surface area contributed by atoms with Crippen molar-refractivity contribution in [3.8, 4) is 0 Å². The Morgan fingerprint density at radius 3 is 2.48 bits per heavy atom. The van der Waals surface area contributed by atoms with Crippen LogP contribution in [0.2, 0.25) is 0 Å². The lowest BCUT2D eigenvalue weighted by molar-refractivity contribution is -0.143. The quantitative estimate of drug-likeness (QED) is 0.928. The summed E-state index contributed by atoms with van der Waals surface area (Å²) in [5.74, 6) is -1.20. The van der Waals surface area contributed by atoms with Gasteiger partial charge in [-0.25, -0.2) is 0 Å². The van der Waals surface area contributed by atoms with Gasteiger partial charge in [0.25, 0.3) is 5.91 Å². The average molecular weight is 321 g/mol. The second kappa shape index (κ2) is 6.34. The van der Waals surface area contributed by atoms with Crippen molar-refractivity contribution >= 4 is 11.9 Å². The van der Waals surface area contributed by atoms with Crippen LogP contribution in [-0.2, 0) is 10.3 Å². The van der Waals surface area contributed by atoms with Crippen molar-refractivity contribution in [2.24, 2.45) is 5.92 Å². The smallest absolute Gasteiger partial charge is 0.308 e. The number of aliphatic carboxylic acids is 1. The minimum Gasteiger partial charge on any atom is -0.481 e. The van der Waals surface area contributed by atoms with Crippen LogP contribution in [-0.4, -0.2) is 44.8 Å². The third-order valence-electron chi connectivity index (χ3n) is 4.24. The van der Waals surface area contributed by atoms with Crippen LogP contribution in [0.1, 0.15) is 69.6 Å². The molecule has 6 heteroatoms. The van der Waals surface area contributed by atoms with Gasteiger partial charge in [0.15, 0.2) is 5.69 Å². The number of piperidine rings is 1. The van der Waals surface area contributed by atoms with E-state index in [-0.39, 0.29) is 23.9 Å². The molecule has 1 aromatic rings. The second-order valence-electron chi connectivity index (χ2n) is 7.62. The minimum atomic E-state index is -0.828. The highest BCUT2D eigenvalue weighted by Crippen LogP contribution is 2.25. The molecule has 1 N–H and O–H groups in total. The number of aromatic nitrogens is 2. The number of nitrogens with zero attached hydrogens (tertiary/aromatic N) is 3. The largest absolute Gasteiger partial charge is 0.481 e. The van der Waals surface area contributed by atoms with Gasteiger partial charge in [0.1, 0.15) is 0 Å². The Morgan fingerprint density at radius 1 is 1.35 bits per heavy atom. The first kappa shape index (κ1) is 17.5. The maximum atomic E-state index is 12.7. The predicted molar refractivity (Wildman–Crippen MR) is 87.6 cm³/mol. The molecule has 128 valence electrons. The van der Waals surface area contributed by atoms with Gasteiger partial charge in [0, 0.05) is 18.8 Å². The van der Waals surface area contributed by atoms with E-state index in [2.05, 4.69) is 39.7 Å². The van der Waals surface area contributed by atoms with Gasteiger partial charge in [0.05, 0.1) is 11.5 Å². The highest BCUT2D eigenvalue weighted by molar-refractivity contribution is 5.92. The van der Waals surface area contributed by atoms with Crippen LogP contribution in [0.15, 0.2) is 6.07 Å². The molecule has 1 aliphatic heterocycles. The molecule has 1 aliphatic rings. The third kappa shape index (κ3) is 3.74. The SMILES string of the molecule is CC(C)c1cc(C(=O)N2CCC[C@@H](C(=O)O)C2)nn1C(C)(C)C. The Hall–Kier alpha value is -1.85. The molecule has 2 rings (SSSR count). The van der Waals surface area contributed by atoms with Crippen LogP contribution < -0.4 is 0 Å². The van der Waals surface area contributed by atoms with Crippen LogP contribution >= 0.6 is 0 Å². The fraction of sp³-hybridized carbons (Fsp3) is 0.706. The van der Waals surface area contributed by atoms with Crippen LogP contribution in [0.5, 0.6) is 0 Å². The van der Waals surface area contributed by atoms with Crippen LogP contribution in [0.3, 0.4) is 0 Å². The van der Waals surface area contributed by atoms with Gasteiger partial charge in [0.2, 0.25) is 0 Å². The molecule has 1 fully saturated rings. The second-order valence-corrected chi connectivity index (χ2v) is 7.62. The Kier molecular flexibility index (Phi) is 4.82. The van der Waals surface area contributed by atoms with E-state index in [0.717, 1.165) is 12.1 Å². The molecule has 0 aromatic carbocycles. The van der Waals surface area contributed by atoms with Gasteiger partial charge in [-0.05, 0) is 45.6 Å². The summed E-state index contributed by atoms with van der Waals surface area (Å²) in [6.45, 7) is 11.2. The lowest BCUT2D eigenvalue weighted by Gasteiger charge is -2.30. The molecule has 0 saturated carbocycles. The van der Waals surface area contributed by atoms with E-state index in [9.17, 15) is 14.7 Å². The van der Waals surface area contributed by atoms with Crippen LogP contribution in [0.25, 0.3) is 0 Å². The van der Waals surface area contributed by atoms with Gasteiger partial charge in [-0.2, -0.15) is 5.10 Å². The molecule has 1 amide bonds. The van der Waals surface area contributed by atoms with E-state index >= 15 is 0 Å². The Labute approximate surface area is 137 Å². The Balaban J connectivity index is 2.27. The maximum Gasteiger partial charge on any atom is 0.308 e. The number of carboxylic acid groups (broad SMARTS) is 1. The maximum absolute atomic E-state index is 12.7. The molecular formula is C17H27N3O3. The summed E-state index contributed by atoms with van der Waals surface area (Å²) < 4.78 is 1.91. The van der Waals surface area contributed by atoms with E-state index in [1.54, 1.807) is 4.90 Å². The fourth-order valence-electron chi connectivity index (χ4n) is 2.97. The van der Waals surface area contributed by atoms with Crippen molar-refractivity contribution in [1.82, 2.24) is 14.7 Å². The predicted octanol–water partition coefficient (Wildman–Crippen LogP) is 2.70. The standard InChI is InChI=1S/C17H27N3O3/c1-11(2)14-9-13(18-20(14)17(3,4)5)15(21)19-8-6-7-12(10-19)16(22)23/h9,11-12H,6-8,10H2,1-5H3,(H,22,23)/t12-/m1/s1. The van der Waals surface area contributed by atoms with Crippen molar-refractivity contribution in [3.63, 3.8) is 0 Å². The Morgan fingerprint density at radius 2 is 2.00 bits per heavy atom. The first-order valence-electron chi connectivity index (χ1n) is 8.23. The van der Waals surface area contributed by atoms with Gasteiger partial charge in [-0.15, -0.1) is 0 Å². The van der Waals surface area contributed by atoms with Gasteiger partial charge in [-0.3, -0.25) is 14.3 Å². The van der Waals surface area contributed by atoms with Crippen molar-refractivity contribution < 1.29 is 14.7 Å². The normalized spacial score (nSPS) is 19.2. The van der Waals surface area contributed by atoms with Crippen molar-refractivity contribution in [2.45, 2.75) is 58.9 Å². The highest BCUT2D eigenvalue weighted by atomic mass is 16.4. The molecule has 2 heterocycles. The summed E-state index contributed by atoms with van der Waals surface area (Å²) in [6, 6.07) is 1.85. The molecular weight excluding hydrogens is 294 g/mol. The summed E-state index contributed by atoms with van der Waals surface area (Å²) in [6.07, 6.45) is 1.35. The summed E-state index contributed by atoms with van der Waals surface area (Å²) in [5, 5.41) is 13.7. The molecule has 1 saturated heterocycles. The molecule has 0 unspecified atom stereocenters. The molecule has 0 spiro atoms. The number of hydrogen-bond donors (Lipinski definition) is 1. The number of likely N-dealkylation sites (tertiary alicyclic amines) is 1. The average Bonchev–Trinajstić information content (AvgIpc) is 2.92. The Bertz CT molecular complexity index is 599. The number of rotatable bonds is 3. The summed E-state index contributed by atoms with van der Waals surface area (Å²) in [4.78, 5) is 25.5. The summed E-state index contributed by atoms with van der Waals surface area (Å²) in [7, 11) is 0. The van der Waals surface area contributed by atoms with E-state index in [4.69, 9.17) is 0 Å². The summed E-state index contributed by atoms with van der Waals surface area (Å²) >= 11 is 0. The van der Waals surface area contributed by atoms with Crippen LogP contribution in [0, 0.1) is 5.92 Å². The van der Waals surface area contributed by atoms with E-state index < -0.39 is 11.9 Å². The van der Waals surface area contributed by atoms with Crippen molar-refractivity contribution in [3.05, 3.63) is 17.5 Å². The third-order valence-corrected chi connectivity index (χ3v) is 4.24. The fourth-order valence-corrected chi connectivity index (χ4v) is 2.97. The van der Waals surface area contributed by atoms with E-state index in [0.29, 0.717) is 18.7 Å². The first-order chi connectivity index (χ1) is 10.6. The first-order valence-corrected chi connectivity index (χ1v) is 8.23. The monoisotopic (exact) mass is 321 g/mol. The van der Waals surface area contributed by atoms with Crippen molar-refractivity contribution in [2.75, 3.05) is 13.1 Å². The zero-order valence-corrected chi connectivity index (χ0v) is 14.7. The molecule has 1 atom stereocenters. The number of carboxylic acids is 1. The molecule has 6 nitrogen and oxygen atoms in total. The van der Waals surface area contributed by atoms with E-state index in [1.807, 2.05) is 10.7 Å². The minimum absolute atomic E-state index is 0.166. The number of hydrogen-bond acceptors (Lipinski definition) is 3. The molecule has 0 aliphatic carbocycles. The highest BCUT2D eigenvalue weighted by Gasteiger charge is 2.31. The zero-order valence-electron chi connectivity index (χ0n) is 14.7. The lowest BCUT2D eigenvalue weighted by atomic mass is 9.98. The molecule has 1 aromatic heterocycles. The lowest BCUT2D eigenvalue weighted by Crippen LogP contribution is -2.42. The summed E-state index contributed by atoms with van der Waals surface area (Å²) in [5.41, 5.74) is 1.23. The van der Waals surface area contributed by atoms with E-state index in [1.165, 1.54) is 0 Å². The molecule has 23 heavy (non-hydrogen) atoms. The van der Waals surface area contributed by atoms with Gasteiger partial charge < -0.3 is 10.0 Å². The topological polar surface area (TPSA) is 75.4 Å².